The predicted molar refractivity (Wildman–Crippen MR) is 99.3 cm³/mol. The van der Waals surface area contributed by atoms with Gasteiger partial charge in [-0.3, -0.25) is 4.79 Å². The predicted octanol–water partition coefficient (Wildman–Crippen LogP) is 2.73. The van der Waals surface area contributed by atoms with Crippen LogP contribution >= 0.6 is 11.3 Å². The average molecular weight is 375 g/mol. The number of carbonyl (C=O) groups excluding carboxylic acids is 1. The topological polar surface area (TPSA) is 79.4 Å². The highest BCUT2D eigenvalue weighted by molar-refractivity contribution is 7.89. The van der Waals surface area contributed by atoms with Gasteiger partial charge in [-0.15, -0.1) is 0 Å². The normalized spacial score (nSPS) is 11.8. The number of rotatable bonds is 5. The van der Waals surface area contributed by atoms with E-state index in [1.165, 1.54) is 31.5 Å². The summed E-state index contributed by atoms with van der Waals surface area (Å²) in [5, 5.41) is 3.22. The van der Waals surface area contributed by atoms with Crippen LogP contribution in [0.4, 0.5) is 5.13 Å². The molecular formula is C17H17N3O3S2. The van der Waals surface area contributed by atoms with E-state index >= 15 is 0 Å². The largest absolute Gasteiger partial charge is 0.302 e. The van der Waals surface area contributed by atoms with Crippen molar-refractivity contribution in [2.45, 2.75) is 11.3 Å². The molecule has 0 saturated carbocycles. The van der Waals surface area contributed by atoms with E-state index in [4.69, 9.17) is 0 Å². The van der Waals surface area contributed by atoms with Crippen molar-refractivity contribution in [1.29, 1.82) is 0 Å². The second-order valence-electron chi connectivity index (χ2n) is 5.65. The number of carbonyl (C=O) groups is 1. The molecule has 0 aliphatic heterocycles. The second kappa shape index (κ2) is 6.91. The van der Waals surface area contributed by atoms with Crippen LogP contribution < -0.4 is 5.32 Å². The summed E-state index contributed by atoms with van der Waals surface area (Å²) in [5.41, 5.74) is 1.57. The number of thiazole rings is 1. The highest BCUT2D eigenvalue weighted by Gasteiger charge is 2.18. The molecule has 0 radical (unpaired) electrons. The molecule has 6 nitrogen and oxygen atoms in total. The van der Waals surface area contributed by atoms with Crippen molar-refractivity contribution in [3.05, 3.63) is 54.1 Å². The van der Waals surface area contributed by atoms with Crippen LogP contribution in [0.3, 0.4) is 0 Å². The Morgan fingerprint density at radius 2 is 1.88 bits per heavy atom. The van der Waals surface area contributed by atoms with E-state index in [0.29, 0.717) is 15.3 Å². The van der Waals surface area contributed by atoms with Crippen LogP contribution in [-0.2, 0) is 21.2 Å². The number of fused-ring (bicyclic) bond motifs is 1. The number of hydrogen-bond acceptors (Lipinski definition) is 5. The van der Waals surface area contributed by atoms with Gasteiger partial charge in [0.2, 0.25) is 15.9 Å². The first-order valence-corrected chi connectivity index (χ1v) is 9.79. The summed E-state index contributed by atoms with van der Waals surface area (Å²) < 4.78 is 26.3. The molecule has 1 aromatic heterocycles. The number of aromatic nitrogens is 1. The van der Waals surface area contributed by atoms with Gasteiger partial charge in [0.1, 0.15) is 0 Å². The van der Waals surface area contributed by atoms with Gasteiger partial charge in [-0.25, -0.2) is 17.7 Å². The molecule has 0 fully saturated rings. The maximum absolute atomic E-state index is 12.2. The van der Waals surface area contributed by atoms with Crippen molar-refractivity contribution in [3.8, 4) is 0 Å². The molecular weight excluding hydrogens is 358 g/mol. The Morgan fingerprint density at radius 3 is 2.56 bits per heavy atom. The lowest BCUT2D eigenvalue weighted by atomic mass is 10.1. The molecule has 0 spiro atoms. The van der Waals surface area contributed by atoms with Crippen LogP contribution in [0.1, 0.15) is 5.56 Å². The molecule has 25 heavy (non-hydrogen) atoms. The van der Waals surface area contributed by atoms with Gasteiger partial charge in [0.25, 0.3) is 0 Å². The fourth-order valence-electron chi connectivity index (χ4n) is 2.27. The smallest absolute Gasteiger partial charge is 0.242 e. The van der Waals surface area contributed by atoms with Crippen molar-refractivity contribution in [2.75, 3.05) is 19.4 Å². The molecule has 0 aliphatic rings. The van der Waals surface area contributed by atoms with E-state index in [-0.39, 0.29) is 17.2 Å². The van der Waals surface area contributed by atoms with Gasteiger partial charge in [0, 0.05) is 14.1 Å². The Kier molecular flexibility index (Phi) is 4.85. The Hall–Kier alpha value is -2.29. The summed E-state index contributed by atoms with van der Waals surface area (Å²) in [6, 6.07) is 14.2. The maximum Gasteiger partial charge on any atom is 0.242 e. The Balaban J connectivity index is 1.81. The molecule has 1 N–H and O–H groups in total. The third kappa shape index (κ3) is 3.87. The molecule has 3 rings (SSSR count). The lowest BCUT2D eigenvalue weighted by molar-refractivity contribution is -0.115. The van der Waals surface area contributed by atoms with Gasteiger partial charge in [-0.1, -0.05) is 41.7 Å². The minimum absolute atomic E-state index is 0.161. The van der Waals surface area contributed by atoms with E-state index in [9.17, 15) is 13.2 Å². The Morgan fingerprint density at radius 1 is 1.16 bits per heavy atom. The maximum atomic E-state index is 12.2. The monoisotopic (exact) mass is 375 g/mol. The van der Waals surface area contributed by atoms with Crippen molar-refractivity contribution in [3.63, 3.8) is 0 Å². The molecule has 8 heteroatoms. The Labute approximate surface area is 150 Å². The van der Waals surface area contributed by atoms with Crippen molar-refractivity contribution < 1.29 is 13.2 Å². The Bertz CT molecular complexity index is 1010. The number of amides is 1. The number of benzene rings is 2. The molecule has 1 amide bonds. The first-order chi connectivity index (χ1) is 11.9. The molecule has 0 aliphatic carbocycles. The highest BCUT2D eigenvalue weighted by Crippen LogP contribution is 2.28. The molecule has 0 bridgehead atoms. The molecule has 0 saturated heterocycles. The van der Waals surface area contributed by atoms with Gasteiger partial charge < -0.3 is 5.32 Å². The van der Waals surface area contributed by atoms with E-state index < -0.39 is 10.0 Å². The average Bonchev–Trinajstić information content (AvgIpc) is 2.96. The van der Waals surface area contributed by atoms with Crippen molar-refractivity contribution in [1.82, 2.24) is 9.29 Å². The lowest BCUT2D eigenvalue weighted by Gasteiger charge is -2.10. The molecule has 2 aromatic carbocycles. The third-order valence-corrected chi connectivity index (χ3v) is 6.34. The van der Waals surface area contributed by atoms with Crippen LogP contribution in [0, 0.1) is 0 Å². The summed E-state index contributed by atoms with van der Waals surface area (Å²) >= 11 is 1.25. The molecule has 130 valence electrons. The summed E-state index contributed by atoms with van der Waals surface area (Å²) in [6.07, 6.45) is 0.261. The van der Waals surface area contributed by atoms with Gasteiger partial charge in [0.05, 0.1) is 21.5 Å². The number of anilines is 1. The quantitative estimate of drug-likeness (QED) is 0.744. The fraction of sp³-hybridized carbons (Fsp3) is 0.176. The molecule has 3 aromatic rings. The number of sulfonamides is 1. The van der Waals surface area contributed by atoms with E-state index in [1.807, 2.05) is 30.3 Å². The zero-order chi connectivity index (χ0) is 18.0. The molecule has 0 atom stereocenters. The standard InChI is InChI=1S/C17H17N3O3S2/c1-20(2)25(22,23)13-8-9-14-15(11-13)24-17(18-14)19-16(21)10-12-6-4-3-5-7-12/h3-9,11H,10H2,1-2H3,(H,18,19,21). The molecule has 1 heterocycles. The summed E-state index contributed by atoms with van der Waals surface area (Å²) in [4.78, 5) is 16.7. The van der Waals surface area contributed by atoms with Gasteiger partial charge >= 0.3 is 0 Å². The van der Waals surface area contributed by atoms with E-state index in [0.717, 1.165) is 9.87 Å². The second-order valence-corrected chi connectivity index (χ2v) is 8.83. The lowest BCUT2D eigenvalue weighted by Crippen LogP contribution is -2.22. The van der Waals surface area contributed by atoms with Crippen molar-refractivity contribution >= 4 is 42.6 Å². The van der Waals surface area contributed by atoms with Crippen LogP contribution in [-0.4, -0.2) is 37.7 Å². The van der Waals surface area contributed by atoms with E-state index in [2.05, 4.69) is 10.3 Å². The zero-order valence-electron chi connectivity index (χ0n) is 13.8. The zero-order valence-corrected chi connectivity index (χ0v) is 15.4. The number of nitrogens with zero attached hydrogens (tertiary/aromatic N) is 2. The first kappa shape index (κ1) is 17.5. The van der Waals surface area contributed by atoms with Gasteiger partial charge in [-0.05, 0) is 23.8 Å². The minimum atomic E-state index is -3.50. The molecule has 0 unspecified atom stereocenters. The van der Waals surface area contributed by atoms with E-state index in [1.54, 1.807) is 12.1 Å². The highest BCUT2D eigenvalue weighted by atomic mass is 32.2. The fourth-order valence-corrected chi connectivity index (χ4v) is 4.20. The SMILES string of the molecule is CN(C)S(=O)(=O)c1ccc2nc(NC(=O)Cc3ccccc3)sc2c1. The summed E-state index contributed by atoms with van der Waals surface area (Å²) in [5.74, 6) is -0.161. The first-order valence-electron chi connectivity index (χ1n) is 7.53. The van der Waals surface area contributed by atoms with Gasteiger partial charge in [0.15, 0.2) is 5.13 Å². The van der Waals surface area contributed by atoms with Gasteiger partial charge in [-0.2, -0.15) is 0 Å². The van der Waals surface area contributed by atoms with Crippen LogP contribution in [0.15, 0.2) is 53.4 Å². The number of hydrogen-bond donors (Lipinski definition) is 1. The van der Waals surface area contributed by atoms with Crippen LogP contribution in [0.2, 0.25) is 0 Å². The summed E-state index contributed by atoms with van der Waals surface area (Å²) in [7, 11) is -0.523. The summed E-state index contributed by atoms with van der Waals surface area (Å²) in [6.45, 7) is 0. The minimum Gasteiger partial charge on any atom is -0.302 e. The third-order valence-electron chi connectivity index (χ3n) is 3.59. The van der Waals surface area contributed by atoms with Crippen LogP contribution in [0.5, 0.6) is 0 Å². The van der Waals surface area contributed by atoms with Crippen molar-refractivity contribution in [2.24, 2.45) is 0 Å². The van der Waals surface area contributed by atoms with Crippen LogP contribution in [0.25, 0.3) is 10.2 Å². The number of nitrogens with one attached hydrogen (secondary N) is 1.